The maximum absolute atomic E-state index is 13.1. The summed E-state index contributed by atoms with van der Waals surface area (Å²) in [6.07, 6.45) is 3.07. The van der Waals surface area contributed by atoms with Crippen molar-refractivity contribution in [2.75, 3.05) is 11.4 Å². The van der Waals surface area contributed by atoms with Crippen molar-refractivity contribution in [3.8, 4) is 5.69 Å². The van der Waals surface area contributed by atoms with Crippen molar-refractivity contribution in [1.29, 1.82) is 0 Å². The third kappa shape index (κ3) is 4.84. The molecule has 1 atom stereocenters. The largest absolute Gasteiger partial charge is 0.346 e. The molecule has 0 saturated carbocycles. The van der Waals surface area contributed by atoms with Gasteiger partial charge in [0.2, 0.25) is 0 Å². The SMILES string of the molecule is Cc1ccc(N(C)S(=O)(=O)c2cccc(C(=O)NC(C)c3ccc(-n4cncn4)cc3)c2)cc1. The monoisotopic (exact) mass is 475 g/mol. The van der Waals surface area contributed by atoms with Crippen molar-refractivity contribution in [2.45, 2.75) is 24.8 Å². The molecule has 0 aliphatic rings. The molecule has 0 saturated heterocycles. The third-order valence-corrected chi connectivity index (χ3v) is 7.36. The number of carbonyl (C=O) groups excluding carboxylic acids is 1. The minimum Gasteiger partial charge on any atom is -0.346 e. The van der Waals surface area contributed by atoms with Crippen LogP contribution >= 0.6 is 0 Å². The highest BCUT2D eigenvalue weighted by molar-refractivity contribution is 7.92. The number of nitrogens with zero attached hydrogens (tertiary/aromatic N) is 4. The van der Waals surface area contributed by atoms with Crippen LogP contribution in [0.5, 0.6) is 0 Å². The summed E-state index contributed by atoms with van der Waals surface area (Å²) >= 11 is 0. The molecule has 4 aromatic rings. The Morgan fingerprint density at radius 2 is 1.74 bits per heavy atom. The Labute approximate surface area is 198 Å². The molecule has 1 unspecified atom stereocenters. The quantitative estimate of drug-likeness (QED) is 0.437. The highest BCUT2D eigenvalue weighted by Crippen LogP contribution is 2.23. The van der Waals surface area contributed by atoms with Crippen molar-refractivity contribution >= 4 is 21.6 Å². The van der Waals surface area contributed by atoms with Gasteiger partial charge in [-0.15, -0.1) is 0 Å². The number of amides is 1. The van der Waals surface area contributed by atoms with Gasteiger partial charge in [-0.2, -0.15) is 5.10 Å². The van der Waals surface area contributed by atoms with E-state index in [0.29, 0.717) is 5.69 Å². The molecular weight excluding hydrogens is 450 g/mol. The Morgan fingerprint density at radius 1 is 1.03 bits per heavy atom. The van der Waals surface area contributed by atoms with Crippen molar-refractivity contribution in [3.63, 3.8) is 0 Å². The fourth-order valence-corrected chi connectivity index (χ4v) is 4.71. The number of benzene rings is 3. The molecule has 1 heterocycles. The van der Waals surface area contributed by atoms with Crippen LogP contribution in [0.15, 0.2) is 90.3 Å². The number of hydrogen-bond acceptors (Lipinski definition) is 5. The Morgan fingerprint density at radius 3 is 2.38 bits per heavy atom. The molecule has 9 heteroatoms. The van der Waals surface area contributed by atoms with E-state index < -0.39 is 10.0 Å². The minimum absolute atomic E-state index is 0.0491. The lowest BCUT2D eigenvalue weighted by molar-refractivity contribution is 0.0939. The average molecular weight is 476 g/mol. The van der Waals surface area contributed by atoms with Crippen LogP contribution in [-0.4, -0.2) is 36.1 Å². The molecule has 3 aromatic carbocycles. The predicted molar refractivity (Wildman–Crippen MR) is 130 cm³/mol. The number of sulfonamides is 1. The highest BCUT2D eigenvalue weighted by Gasteiger charge is 2.23. The smallest absolute Gasteiger partial charge is 0.264 e. The molecule has 34 heavy (non-hydrogen) atoms. The molecule has 0 aliphatic heterocycles. The molecule has 0 aliphatic carbocycles. The van der Waals surface area contributed by atoms with E-state index in [4.69, 9.17) is 0 Å². The van der Waals surface area contributed by atoms with Crippen LogP contribution in [0.2, 0.25) is 0 Å². The van der Waals surface area contributed by atoms with E-state index in [1.54, 1.807) is 35.3 Å². The second-order valence-corrected chi connectivity index (χ2v) is 9.93. The molecule has 1 amide bonds. The number of rotatable bonds is 7. The van der Waals surface area contributed by atoms with Crippen molar-refractivity contribution < 1.29 is 13.2 Å². The van der Waals surface area contributed by atoms with Gasteiger partial charge in [-0.3, -0.25) is 9.10 Å². The normalized spacial score (nSPS) is 12.2. The number of hydrogen-bond donors (Lipinski definition) is 1. The van der Waals surface area contributed by atoms with Gasteiger partial charge >= 0.3 is 0 Å². The van der Waals surface area contributed by atoms with Gasteiger partial charge < -0.3 is 5.32 Å². The maximum Gasteiger partial charge on any atom is 0.264 e. The van der Waals surface area contributed by atoms with Crippen LogP contribution in [0, 0.1) is 6.92 Å². The van der Waals surface area contributed by atoms with Gasteiger partial charge in [0.1, 0.15) is 12.7 Å². The number of anilines is 1. The highest BCUT2D eigenvalue weighted by atomic mass is 32.2. The van der Waals surface area contributed by atoms with Crippen molar-refractivity contribution in [3.05, 3.63) is 102 Å². The zero-order valence-electron chi connectivity index (χ0n) is 19.1. The topological polar surface area (TPSA) is 97.2 Å². The summed E-state index contributed by atoms with van der Waals surface area (Å²) < 4.78 is 29.2. The molecule has 0 bridgehead atoms. The molecule has 8 nitrogen and oxygen atoms in total. The van der Waals surface area contributed by atoms with Gasteiger partial charge in [0.25, 0.3) is 15.9 Å². The van der Waals surface area contributed by atoms with E-state index in [1.807, 2.05) is 50.2 Å². The summed E-state index contributed by atoms with van der Waals surface area (Å²) in [5.74, 6) is -0.358. The molecule has 0 fully saturated rings. The fraction of sp³-hybridized carbons (Fsp3) is 0.160. The lowest BCUT2D eigenvalue weighted by Gasteiger charge is -2.20. The molecule has 0 spiro atoms. The summed E-state index contributed by atoms with van der Waals surface area (Å²) in [7, 11) is -2.33. The average Bonchev–Trinajstić information content (AvgIpc) is 3.39. The summed E-state index contributed by atoms with van der Waals surface area (Å²) in [4.78, 5) is 16.9. The fourth-order valence-electron chi connectivity index (χ4n) is 3.47. The number of nitrogens with one attached hydrogen (secondary N) is 1. The van der Waals surface area contributed by atoms with Gasteiger partial charge in [0.15, 0.2) is 0 Å². The summed E-state index contributed by atoms with van der Waals surface area (Å²) in [6, 6.07) is 20.6. The Bertz CT molecular complexity index is 1380. The van der Waals surface area contributed by atoms with Crippen LogP contribution in [0.25, 0.3) is 5.69 Å². The standard InChI is InChI=1S/C25H25N5O3S/c1-18-7-11-22(12-8-18)29(3)34(32,33)24-6-4-5-21(15-24)25(31)28-19(2)20-9-13-23(14-10-20)30-17-26-16-27-30/h4-17,19H,1-3H3,(H,28,31). The zero-order valence-corrected chi connectivity index (χ0v) is 19.9. The summed E-state index contributed by atoms with van der Waals surface area (Å²) in [5, 5.41) is 7.03. The first-order chi connectivity index (χ1) is 16.3. The first kappa shape index (κ1) is 23.2. The van der Waals surface area contributed by atoms with Gasteiger partial charge in [0.05, 0.1) is 22.3 Å². The Balaban J connectivity index is 1.49. The van der Waals surface area contributed by atoms with Gasteiger partial charge in [-0.1, -0.05) is 35.9 Å². The summed E-state index contributed by atoms with van der Waals surface area (Å²) in [5.41, 5.74) is 3.61. The maximum atomic E-state index is 13.1. The van der Waals surface area contributed by atoms with E-state index in [2.05, 4.69) is 15.4 Å². The molecule has 1 N–H and O–H groups in total. The van der Waals surface area contributed by atoms with Gasteiger partial charge in [-0.05, 0) is 61.9 Å². The number of aromatic nitrogens is 3. The van der Waals surface area contributed by atoms with Crippen LogP contribution in [0.1, 0.15) is 34.5 Å². The van der Waals surface area contributed by atoms with Crippen LogP contribution < -0.4 is 9.62 Å². The summed E-state index contributed by atoms with van der Waals surface area (Å²) in [6.45, 7) is 3.81. The molecule has 0 radical (unpaired) electrons. The van der Waals surface area contributed by atoms with Crippen LogP contribution in [0.4, 0.5) is 5.69 Å². The van der Waals surface area contributed by atoms with E-state index in [9.17, 15) is 13.2 Å². The Hall–Kier alpha value is -3.98. The second-order valence-electron chi connectivity index (χ2n) is 7.96. The van der Waals surface area contributed by atoms with Gasteiger partial charge in [-0.25, -0.2) is 18.1 Å². The molecule has 4 rings (SSSR count). The van der Waals surface area contributed by atoms with Crippen molar-refractivity contribution in [1.82, 2.24) is 20.1 Å². The third-order valence-electron chi connectivity index (χ3n) is 5.58. The Kier molecular flexibility index (Phi) is 6.47. The van der Waals surface area contributed by atoms with Crippen LogP contribution in [-0.2, 0) is 10.0 Å². The number of carbonyl (C=O) groups is 1. The van der Waals surface area contributed by atoms with E-state index in [-0.39, 0.29) is 22.4 Å². The second kappa shape index (κ2) is 9.48. The lowest BCUT2D eigenvalue weighted by Crippen LogP contribution is -2.28. The van der Waals surface area contributed by atoms with Crippen molar-refractivity contribution in [2.24, 2.45) is 0 Å². The predicted octanol–water partition coefficient (Wildman–Crippen LogP) is 3.89. The number of aryl methyl sites for hydroxylation is 1. The van der Waals surface area contributed by atoms with E-state index in [0.717, 1.165) is 16.8 Å². The van der Waals surface area contributed by atoms with Crippen LogP contribution in [0.3, 0.4) is 0 Å². The van der Waals surface area contributed by atoms with Gasteiger partial charge in [0, 0.05) is 12.6 Å². The first-order valence-electron chi connectivity index (χ1n) is 10.7. The first-order valence-corrected chi connectivity index (χ1v) is 12.1. The molecule has 1 aromatic heterocycles. The molecule has 174 valence electrons. The lowest BCUT2D eigenvalue weighted by atomic mass is 10.1. The minimum atomic E-state index is -3.83. The van der Waals surface area contributed by atoms with E-state index in [1.165, 1.54) is 29.8 Å². The zero-order chi connectivity index (χ0) is 24.3. The van der Waals surface area contributed by atoms with E-state index >= 15 is 0 Å². The molecular formula is C25H25N5O3S.